The topological polar surface area (TPSA) is 51.2 Å². The van der Waals surface area contributed by atoms with Gasteiger partial charge >= 0.3 is 0 Å². The zero-order valence-corrected chi connectivity index (χ0v) is 11.9. The van der Waals surface area contributed by atoms with Gasteiger partial charge in [0.05, 0.1) is 0 Å². The number of rotatable bonds is 2. The third-order valence-corrected chi connectivity index (χ3v) is 4.25. The van der Waals surface area contributed by atoms with Crippen molar-refractivity contribution in [2.45, 2.75) is 69.9 Å². The zero-order valence-electron chi connectivity index (χ0n) is 11.9. The maximum Gasteiger partial charge on any atom is 0.190 e. The van der Waals surface area contributed by atoms with Crippen molar-refractivity contribution in [1.29, 1.82) is 0 Å². The lowest BCUT2D eigenvalue weighted by atomic mass is 10.1. The Bertz CT molecular complexity index is 315. The monoisotopic (exact) mass is 271 g/mol. The number of likely N-dealkylation sites (tertiary alicyclic amines) is 1. The van der Waals surface area contributed by atoms with Crippen molar-refractivity contribution < 1.29 is 19.3 Å². The second-order valence-corrected chi connectivity index (χ2v) is 6.35. The van der Waals surface area contributed by atoms with Gasteiger partial charge in [-0.3, -0.25) is 0 Å². The Morgan fingerprint density at radius 1 is 1.11 bits per heavy atom. The predicted molar refractivity (Wildman–Crippen MR) is 69.6 cm³/mol. The largest absolute Gasteiger partial charge is 0.387 e. The van der Waals surface area contributed by atoms with E-state index in [1.807, 2.05) is 13.8 Å². The Kier molecular flexibility index (Phi) is 3.84. The number of aliphatic hydroxyl groups excluding tert-OH is 1. The highest BCUT2D eigenvalue weighted by atomic mass is 16.8. The predicted octanol–water partition coefficient (Wildman–Crippen LogP) is 1.10. The molecular weight excluding hydrogens is 246 g/mol. The van der Waals surface area contributed by atoms with Gasteiger partial charge in [-0.2, -0.15) is 0 Å². The van der Waals surface area contributed by atoms with Gasteiger partial charge in [-0.25, -0.2) is 0 Å². The minimum Gasteiger partial charge on any atom is -0.387 e. The molecule has 1 N–H and O–H groups in total. The lowest BCUT2D eigenvalue weighted by Gasteiger charge is -2.27. The van der Waals surface area contributed by atoms with Crippen LogP contribution in [-0.2, 0) is 14.2 Å². The Morgan fingerprint density at radius 3 is 2.42 bits per heavy atom. The third kappa shape index (κ3) is 2.95. The molecule has 110 valence electrons. The fourth-order valence-electron chi connectivity index (χ4n) is 3.28. The molecule has 3 heterocycles. The van der Waals surface area contributed by atoms with Crippen LogP contribution in [0.3, 0.4) is 0 Å². The summed E-state index contributed by atoms with van der Waals surface area (Å²) in [4.78, 5) is 2.40. The minimum atomic E-state index is -0.649. The van der Waals surface area contributed by atoms with E-state index < -0.39 is 18.2 Å². The van der Waals surface area contributed by atoms with Crippen molar-refractivity contribution in [3.63, 3.8) is 0 Å². The molecule has 0 aliphatic carbocycles. The summed E-state index contributed by atoms with van der Waals surface area (Å²) in [5, 5.41) is 10.3. The lowest BCUT2D eigenvalue weighted by Crippen LogP contribution is -2.42. The second-order valence-electron chi connectivity index (χ2n) is 6.35. The van der Waals surface area contributed by atoms with Crippen molar-refractivity contribution in [1.82, 2.24) is 4.90 Å². The zero-order chi connectivity index (χ0) is 13.5. The van der Waals surface area contributed by atoms with Crippen LogP contribution < -0.4 is 0 Å². The maximum absolute atomic E-state index is 10.3. The number of ether oxygens (including phenoxy) is 3. The van der Waals surface area contributed by atoms with Gasteiger partial charge in [-0.05, 0) is 39.8 Å². The summed E-state index contributed by atoms with van der Waals surface area (Å²) in [6, 6.07) is 0. The maximum atomic E-state index is 10.3. The van der Waals surface area contributed by atoms with Gasteiger partial charge in [0.15, 0.2) is 12.1 Å². The molecule has 5 heteroatoms. The van der Waals surface area contributed by atoms with E-state index in [0.29, 0.717) is 0 Å². The summed E-state index contributed by atoms with van der Waals surface area (Å²) in [5.74, 6) is -0.649. The minimum absolute atomic E-state index is 0.191. The number of hydrogen-bond acceptors (Lipinski definition) is 5. The molecule has 0 aromatic heterocycles. The van der Waals surface area contributed by atoms with Gasteiger partial charge in [-0.1, -0.05) is 12.8 Å². The van der Waals surface area contributed by atoms with Gasteiger partial charge in [0.2, 0.25) is 0 Å². The van der Waals surface area contributed by atoms with E-state index in [9.17, 15) is 5.11 Å². The highest BCUT2D eigenvalue weighted by Crippen LogP contribution is 2.37. The quantitative estimate of drug-likeness (QED) is 0.815. The summed E-state index contributed by atoms with van der Waals surface area (Å²) >= 11 is 0. The molecule has 0 radical (unpaired) electrons. The Labute approximate surface area is 114 Å². The summed E-state index contributed by atoms with van der Waals surface area (Å²) in [7, 11) is 0. The summed E-state index contributed by atoms with van der Waals surface area (Å²) < 4.78 is 17.2. The molecule has 5 nitrogen and oxygen atoms in total. The van der Waals surface area contributed by atoms with Crippen LogP contribution in [0.1, 0.15) is 39.5 Å². The number of fused-ring (bicyclic) bond motifs is 1. The normalized spacial score (nSPS) is 43.1. The van der Waals surface area contributed by atoms with Crippen molar-refractivity contribution >= 4 is 0 Å². The number of hydrogen-bond donors (Lipinski definition) is 1. The first-order valence-electron chi connectivity index (χ1n) is 7.47. The van der Waals surface area contributed by atoms with Crippen LogP contribution in [0.5, 0.6) is 0 Å². The van der Waals surface area contributed by atoms with Crippen LogP contribution in [0.2, 0.25) is 0 Å². The van der Waals surface area contributed by atoms with Gasteiger partial charge in [-0.15, -0.1) is 0 Å². The van der Waals surface area contributed by atoms with Crippen LogP contribution in [0, 0.1) is 0 Å². The fraction of sp³-hybridized carbons (Fsp3) is 1.00. The smallest absolute Gasteiger partial charge is 0.190 e. The number of nitrogens with zero attached hydrogens (tertiary/aromatic N) is 1. The Morgan fingerprint density at radius 2 is 1.79 bits per heavy atom. The molecule has 19 heavy (non-hydrogen) atoms. The SMILES string of the molecule is CC1(C)O[C@H]2O[C@H](CN3CCCCCC3)[C@@H](O)[C@@H]2O1. The van der Waals surface area contributed by atoms with E-state index in [1.54, 1.807) is 0 Å². The molecule has 3 aliphatic rings. The third-order valence-electron chi connectivity index (χ3n) is 4.25. The van der Waals surface area contributed by atoms with Gasteiger partial charge in [0.25, 0.3) is 0 Å². The standard InChI is InChI=1S/C14H25NO4/c1-14(2)18-12-11(16)10(17-13(12)19-14)9-15-7-5-3-4-6-8-15/h10-13,16H,3-9H2,1-2H3/t10-,11-,12+,13-/m1/s1. The molecular formula is C14H25NO4. The first kappa shape index (κ1) is 13.8. The molecule has 0 spiro atoms. The van der Waals surface area contributed by atoms with Crippen molar-refractivity contribution in [2.24, 2.45) is 0 Å². The summed E-state index contributed by atoms with van der Waals surface area (Å²) in [5.41, 5.74) is 0. The molecule has 0 aromatic carbocycles. The van der Waals surface area contributed by atoms with Crippen LogP contribution >= 0.6 is 0 Å². The van der Waals surface area contributed by atoms with Crippen LogP contribution in [0.4, 0.5) is 0 Å². The summed E-state index contributed by atoms with van der Waals surface area (Å²) in [6.07, 6.45) is 3.59. The highest BCUT2D eigenvalue weighted by molar-refractivity contribution is 4.94. The van der Waals surface area contributed by atoms with E-state index in [2.05, 4.69) is 4.90 Å². The molecule has 0 bridgehead atoms. The molecule has 3 fully saturated rings. The van der Waals surface area contributed by atoms with E-state index in [0.717, 1.165) is 19.6 Å². The Balaban J connectivity index is 1.56. The van der Waals surface area contributed by atoms with E-state index in [-0.39, 0.29) is 12.2 Å². The first-order valence-corrected chi connectivity index (χ1v) is 7.47. The van der Waals surface area contributed by atoms with Crippen LogP contribution in [-0.4, -0.2) is 60.0 Å². The summed E-state index contributed by atoms with van der Waals surface area (Å²) in [6.45, 7) is 6.70. The molecule has 0 saturated carbocycles. The van der Waals surface area contributed by atoms with Crippen molar-refractivity contribution in [3.8, 4) is 0 Å². The highest BCUT2D eigenvalue weighted by Gasteiger charge is 2.54. The lowest BCUT2D eigenvalue weighted by molar-refractivity contribution is -0.216. The second kappa shape index (κ2) is 5.30. The molecule has 0 unspecified atom stereocenters. The van der Waals surface area contributed by atoms with Crippen molar-refractivity contribution in [3.05, 3.63) is 0 Å². The first-order chi connectivity index (χ1) is 9.05. The molecule has 3 saturated heterocycles. The van der Waals surface area contributed by atoms with Crippen molar-refractivity contribution in [2.75, 3.05) is 19.6 Å². The molecule has 3 aliphatic heterocycles. The van der Waals surface area contributed by atoms with Crippen LogP contribution in [0.25, 0.3) is 0 Å². The van der Waals surface area contributed by atoms with Gasteiger partial charge < -0.3 is 24.2 Å². The Hall–Kier alpha value is -0.200. The average Bonchev–Trinajstić information content (AvgIpc) is 2.68. The van der Waals surface area contributed by atoms with Gasteiger partial charge in [0.1, 0.15) is 18.3 Å². The molecule has 0 aromatic rings. The average molecular weight is 271 g/mol. The van der Waals surface area contributed by atoms with E-state index in [4.69, 9.17) is 14.2 Å². The fourth-order valence-corrected chi connectivity index (χ4v) is 3.28. The molecule has 4 atom stereocenters. The molecule has 3 rings (SSSR count). The van der Waals surface area contributed by atoms with E-state index >= 15 is 0 Å². The number of aliphatic hydroxyl groups is 1. The van der Waals surface area contributed by atoms with Gasteiger partial charge in [0, 0.05) is 6.54 Å². The molecule has 0 amide bonds. The van der Waals surface area contributed by atoms with E-state index in [1.165, 1.54) is 25.7 Å². The van der Waals surface area contributed by atoms with Crippen LogP contribution in [0.15, 0.2) is 0 Å².